The average Bonchev–Trinajstić information content (AvgIpc) is 3.07. The van der Waals surface area contributed by atoms with Crippen molar-refractivity contribution in [3.63, 3.8) is 0 Å². The highest BCUT2D eigenvalue weighted by atomic mass is 15.2. The number of nitrogens with one attached hydrogen (secondary N) is 1. The number of hydrogen-bond acceptors (Lipinski definition) is 2. The Morgan fingerprint density at radius 3 is 3.05 bits per heavy atom. The highest BCUT2D eigenvalue weighted by molar-refractivity contribution is 5.64. The third-order valence-corrected chi connectivity index (χ3v) is 7.44. The van der Waals surface area contributed by atoms with Gasteiger partial charge >= 0.3 is 0 Å². The van der Waals surface area contributed by atoms with Gasteiger partial charge in [-0.2, -0.15) is 0 Å². The van der Waals surface area contributed by atoms with Crippen molar-refractivity contribution in [2.45, 2.75) is 50.6 Å². The molecule has 1 saturated carbocycles. The molecule has 5 rings (SSSR count). The fourth-order valence-electron chi connectivity index (χ4n) is 6.52. The van der Waals surface area contributed by atoms with Crippen LogP contribution < -0.4 is 5.32 Å². The van der Waals surface area contributed by atoms with Gasteiger partial charge in [-0.3, -0.25) is 4.90 Å². The lowest BCUT2D eigenvalue weighted by atomic mass is 9.55. The lowest BCUT2D eigenvalue weighted by Crippen LogP contribution is -2.63. The Kier molecular flexibility index (Phi) is 2.41. The van der Waals surface area contributed by atoms with Crippen LogP contribution in [0.4, 0.5) is 5.69 Å². The zero-order chi connectivity index (χ0) is 14.2. The van der Waals surface area contributed by atoms with Crippen molar-refractivity contribution in [3.05, 3.63) is 29.8 Å². The van der Waals surface area contributed by atoms with E-state index in [-0.39, 0.29) is 0 Å². The van der Waals surface area contributed by atoms with E-state index in [1.807, 2.05) is 0 Å². The van der Waals surface area contributed by atoms with Crippen LogP contribution in [-0.4, -0.2) is 30.1 Å². The van der Waals surface area contributed by atoms with Crippen LogP contribution in [0.1, 0.15) is 38.7 Å². The Bertz CT molecular complexity index is 583. The summed E-state index contributed by atoms with van der Waals surface area (Å²) in [6.45, 7) is 7.59. The summed E-state index contributed by atoms with van der Waals surface area (Å²) in [4.78, 5) is 2.84. The molecule has 3 fully saturated rings. The fourth-order valence-corrected chi connectivity index (χ4v) is 6.52. The molecule has 1 aromatic rings. The monoisotopic (exact) mass is 282 g/mol. The van der Waals surface area contributed by atoms with E-state index in [1.54, 1.807) is 5.56 Å². The van der Waals surface area contributed by atoms with Crippen LogP contribution in [0.5, 0.6) is 0 Å². The van der Waals surface area contributed by atoms with Crippen LogP contribution in [0.25, 0.3) is 0 Å². The quantitative estimate of drug-likeness (QED) is 0.848. The van der Waals surface area contributed by atoms with Crippen molar-refractivity contribution in [2.24, 2.45) is 17.8 Å². The van der Waals surface area contributed by atoms with E-state index in [9.17, 15) is 0 Å². The van der Waals surface area contributed by atoms with Gasteiger partial charge in [-0.15, -0.1) is 0 Å². The van der Waals surface area contributed by atoms with E-state index in [0.717, 1.165) is 23.8 Å². The van der Waals surface area contributed by atoms with Crippen molar-refractivity contribution in [1.29, 1.82) is 0 Å². The molecule has 4 aliphatic rings. The van der Waals surface area contributed by atoms with Gasteiger partial charge in [0.05, 0.1) is 0 Å². The molecule has 2 saturated heterocycles. The molecule has 0 unspecified atom stereocenters. The molecule has 0 amide bonds. The van der Waals surface area contributed by atoms with E-state index in [0.29, 0.717) is 11.5 Å². The summed E-state index contributed by atoms with van der Waals surface area (Å²) < 4.78 is 0. The standard InChI is InChI=1S/C19H26N2/c1-3-13-11-21-9-8-19-15-6-4-5-7-16(15)20-18(19)12(2)14(13)10-17(19)21/h4-7,12-14,17-18,20H,3,8-11H2,1-2H3/t12-,13-,14-,17-,18-,19-/m1/s1. The first kappa shape index (κ1) is 12.5. The zero-order valence-electron chi connectivity index (χ0n) is 13.2. The van der Waals surface area contributed by atoms with E-state index in [1.165, 1.54) is 38.0 Å². The molecule has 2 bridgehead atoms. The third-order valence-electron chi connectivity index (χ3n) is 7.44. The molecule has 1 aliphatic carbocycles. The predicted molar refractivity (Wildman–Crippen MR) is 86.6 cm³/mol. The minimum absolute atomic E-state index is 0.408. The molecule has 6 atom stereocenters. The smallest absolute Gasteiger partial charge is 0.0402 e. The summed E-state index contributed by atoms with van der Waals surface area (Å²) in [6, 6.07) is 10.6. The predicted octanol–water partition coefficient (Wildman–Crippen LogP) is 3.49. The molecule has 3 heterocycles. The van der Waals surface area contributed by atoms with Gasteiger partial charge in [-0.1, -0.05) is 38.5 Å². The first-order valence-corrected chi connectivity index (χ1v) is 8.86. The summed E-state index contributed by atoms with van der Waals surface area (Å²) in [6.07, 6.45) is 4.15. The number of benzene rings is 1. The lowest BCUT2D eigenvalue weighted by molar-refractivity contribution is -0.0128. The molecule has 1 spiro atoms. The summed E-state index contributed by atoms with van der Waals surface area (Å²) >= 11 is 0. The molecule has 21 heavy (non-hydrogen) atoms. The van der Waals surface area contributed by atoms with Gasteiger partial charge in [-0.05, 0) is 48.8 Å². The highest BCUT2D eigenvalue weighted by Gasteiger charge is 2.64. The minimum Gasteiger partial charge on any atom is -0.381 e. The second-order valence-electron chi connectivity index (χ2n) is 7.90. The number of rotatable bonds is 1. The maximum Gasteiger partial charge on any atom is 0.0402 e. The minimum atomic E-state index is 0.408. The Balaban J connectivity index is 1.68. The van der Waals surface area contributed by atoms with Crippen LogP contribution in [0, 0.1) is 17.8 Å². The Morgan fingerprint density at radius 1 is 1.33 bits per heavy atom. The van der Waals surface area contributed by atoms with Gasteiger partial charge in [-0.25, -0.2) is 0 Å². The van der Waals surface area contributed by atoms with Crippen LogP contribution in [-0.2, 0) is 5.41 Å². The van der Waals surface area contributed by atoms with Crippen LogP contribution >= 0.6 is 0 Å². The first-order valence-electron chi connectivity index (χ1n) is 8.86. The molecule has 0 radical (unpaired) electrons. The van der Waals surface area contributed by atoms with Gasteiger partial charge < -0.3 is 5.32 Å². The third kappa shape index (κ3) is 1.34. The number of para-hydroxylation sites is 1. The van der Waals surface area contributed by atoms with Gasteiger partial charge in [0.15, 0.2) is 0 Å². The van der Waals surface area contributed by atoms with Crippen molar-refractivity contribution in [3.8, 4) is 0 Å². The number of fused-ring (bicyclic) bond motifs is 2. The Morgan fingerprint density at radius 2 is 2.19 bits per heavy atom. The second kappa shape index (κ2) is 4.04. The normalized spacial score (nSPS) is 46.9. The largest absolute Gasteiger partial charge is 0.381 e. The SMILES string of the molecule is CC[C@@H]1CN2CC[C@]34c5ccccc5N[C@@H]3[C@H](C)[C@H]1C[C@@H]24. The van der Waals surface area contributed by atoms with Gasteiger partial charge in [0.1, 0.15) is 0 Å². The van der Waals surface area contributed by atoms with Crippen LogP contribution in [0.3, 0.4) is 0 Å². The highest BCUT2D eigenvalue weighted by Crippen LogP contribution is 2.61. The second-order valence-corrected chi connectivity index (χ2v) is 7.90. The van der Waals surface area contributed by atoms with Crippen molar-refractivity contribution >= 4 is 5.69 Å². The van der Waals surface area contributed by atoms with Crippen LogP contribution in [0.15, 0.2) is 24.3 Å². The number of hydrogen-bond donors (Lipinski definition) is 1. The van der Waals surface area contributed by atoms with Gasteiger partial charge in [0.25, 0.3) is 0 Å². The summed E-state index contributed by atoms with van der Waals surface area (Å²) in [7, 11) is 0. The lowest BCUT2D eigenvalue weighted by Gasteiger charge is -2.56. The average molecular weight is 282 g/mol. The van der Waals surface area contributed by atoms with Gasteiger partial charge in [0, 0.05) is 29.7 Å². The van der Waals surface area contributed by atoms with E-state index < -0.39 is 0 Å². The van der Waals surface area contributed by atoms with Gasteiger partial charge in [0.2, 0.25) is 0 Å². The molecule has 3 aliphatic heterocycles. The maximum absolute atomic E-state index is 3.95. The first-order chi connectivity index (χ1) is 10.3. The summed E-state index contributed by atoms with van der Waals surface area (Å²) in [5.41, 5.74) is 3.46. The van der Waals surface area contributed by atoms with Crippen molar-refractivity contribution in [1.82, 2.24) is 4.90 Å². The van der Waals surface area contributed by atoms with E-state index in [2.05, 4.69) is 48.3 Å². The molecular weight excluding hydrogens is 256 g/mol. The van der Waals surface area contributed by atoms with Crippen LogP contribution in [0.2, 0.25) is 0 Å². The molecule has 1 aromatic carbocycles. The summed E-state index contributed by atoms with van der Waals surface area (Å²) in [5.74, 6) is 2.64. The topological polar surface area (TPSA) is 15.3 Å². The Labute approximate surface area is 127 Å². The van der Waals surface area contributed by atoms with E-state index in [4.69, 9.17) is 0 Å². The Hall–Kier alpha value is -1.02. The van der Waals surface area contributed by atoms with Crippen molar-refractivity contribution < 1.29 is 0 Å². The maximum atomic E-state index is 3.95. The number of anilines is 1. The zero-order valence-corrected chi connectivity index (χ0v) is 13.2. The number of piperidine rings is 1. The van der Waals surface area contributed by atoms with E-state index >= 15 is 0 Å². The fraction of sp³-hybridized carbons (Fsp3) is 0.684. The van der Waals surface area contributed by atoms with Crippen molar-refractivity contribution in [2.75, 3.05) is 18.4 Å². The number of nitrogens with zero attached hydrogens (tertiary/aromatic N) is 1. The molecule has 2 heteroatoms. The molecule has 112 valence electrons. The molecule has 0 aromatic heterocycles. The molecule has 2 nitrogen and oxygen atoms in total. The molecule has 1 N–H and O–H groups in total. The summed E-state index contributed by atoms with van der Waals surface area (Å²) in [5, 5.41) is 3.95. The molecular formula is C19H26N2.